The van der Waals surface area contributed by atoms with Crippen LogP contribution in [-0.4, -0.2) is 61.8 Å². The summed E-state index contributed by atoms with van der Waals surface area (Å²) in [6.07, 6.45) is -3.44. The number of nitrogens with zero attached hydrogens (tertiary/aromatic N) is 3. The number of esters is 1. The zero-order valence-electron chi connectivity index (χ0n) is 13.0. The van der Waals surface area contributed by atoms with E-state index in [0.717, 1.165) is 11.0 Å². The first-order chi connectivity index (χ1) is 10.6. The van der Waals surface area contributed by atoms with Crippen molar-refractivity contribution in [2.75, 3.05) is 6.61 Å². The van der Waals surface area contributed by atoms with Gasteiger partial charge in [-0.05, 0) is 20.8 Å². The molecule has 1 aliphatic heterocycles. The van der Waals surface area contributed by atoms with Gasteiger partial charge >= 0.3 is 5.97 Å². The number of carbonyl (C=O) groups excluding carboxylic acids is 2. The lowest BCUT2D eigenvalue weighted by Crippen LogP contribution is -2.35. The Bertz CT molecular complexity index is 596. The highest BCUT2D eigenvalue weighted by Gasteiger charge is 2.45. The molecule has 0 spiro atoms. The molecule has 10 heteroatoms. The minimum atomic E-state index is -1.32. The maximum atomic E-state index is 11.7. The van der Waals surface area contributed by atoms with E-state index in [1.807, 2.05) is 0 Å². The molecule has 1 saturated heterocycles. The normalized spacial score (nSPS) is 27.9. The van der Waals surface area contributed by atoms with Crippen LogP contribution in [0.3, 0.4) is 0 Å². The zero-order chi connectivity index (χ0) is 17.4. The summed E-state index contributed by atoms with van der Waals surface area (Å²) >= 11 is 0. The first-order valence-corrected chi connectivity index (χ1v) is 7.01. The first kappa shape index (κ1) is 17.3. The van der Waals surface area contributed by atoms with Crippen molar-refractivity contribution in [3.8, 4) is 0 Å². The third kappa shape index (κ3) is 3.66. The van der Waals surface area contributed by atoms with E-state index in [-0.39, 0.29) is 12.4 Å². The number of aromatic nitrogens is 3. The van der Waals surface area contributed by atoms with Gasteiger partial charge in [0.1, 0.15) is 31.2 Å². The molecular weight excluding hydrogens is 308 g/mol. The predicted octanol–water partition coefficient (Wildman–Crippen LogP) is -1.41. The van der Waals surface area contributed by atoms with E-state index in [1.165, 1.54) is 0 Å². The maximum absolute atomic E-state index is 11.7. The van der Waals surface area contributed by atoms with E-state index < -0.39 is 41.8 Å². The number of nitrogens with two attached hydrogens (primary N) is 1. The smallest absolute Gasteiger partial charge is 0.311 e. The van der Waals surface area contributed by atoms with Crippen LogP contribution in [0.4, 0.5) is 0 Å². The van der Waals surface area contributed by atoms with E-state index in [4.69, 9.17) is 15.2 Å². The number of amides is 1. The Morgan fingerprint density at radius 1 is 1.39 bits per heavy atom. The molecule has 1 aromatic heterocycles. The molecule has 2 heterocycles. The van der Waals surface area contributed by atoms with Gasteiger partial charge in [0.2, 0.25) is 5.82 Å². The van der Waals surface area contributed by atoms with Gasteiger partial charge in [0.15, 0.2) is 6.23 Å². The van der Waals surface area contributed by atoms with E-state index in [9.17, 15) is 19.8 Å². The topological polar surface area (TPSA) is 150 Å². The molecule has 0 unspecified atom stereocenters. The molecule has 2 rings (SSSR count). The van der Waals surface area contributed by atoms with Crippen LogP contribution in [0, 0.1) is 5.41 Å². The number of rotatable bonds is 4. The molecule has 1 amide bonds. The van der Waals surface area contributed by atoms with Gasteiger partial charge in [0.05, 0.1) is 5.41 Å². The van der Waals surface area contributed by atoms with Crippen LogP contribution in [0.5, 0.6) is 0 Å². The fourth-order valence-corrected chi connectivity index (χ4v) is 1.97. The standard InChI is InChI=1S/C13H20N4O6/c1-13(2,3)12(21)22-4-6-7(18)8(19)11(23-6)17-5-15-10(16-17)9(14)20/h5-8,11,18-19H,4H2,1-3H3,(H2,14,20)/t6-,7+,8-,11-/m0/s1. The van der Waals surface area contributed by atoms with E-state index in [1.54, 1.807) is 20.8 Å². The largest absolute Gasteiger partial charge is 0.462 e. The molecule has 23 heavy (non-hydrogen) atoms. The number of aliphatic hydroxyl groups excluding tert-OH is 2. The number of carbonyl (C=O) groups is 2. The minimum absolute atomic E-state index is 0.220. The number of aliphatic hydroxyl groups is 2. The number of hydrogen-bond acceptors (Lipinski definition) is 8. The summed E-state index contributed by atoms with van der Waals surface area (Å²) in [5.74, 6) is -1.52. The van der Waals surface area contributed by atoms with Gasteiger partial charge in [0, 0.05) is 0 Å². The second-order valence-electron chi connectivity index (χ2n) is 6.31. The lowest BCUT2D eigenvalue weighted by Gasteiger charge is -2.20. The quantitative estimate of drug-likeness (QED) is 0.570. The Hall–Kier alpha value is -2.04. The third-order valence-corrected chi connectivity index (χ3v) is 3.32. The van der Waals surface area contributed by atoms with Crippen molar-refractivity contribution < 1.29 is 29.3 Å². The molecule has 0 saturated carbocycles. The Kier molecular flexibility index (Phi) is 4.68. The Morgan fingerprint density at radius 2 is 2.04 bits per heavy atom. The summed E-state index contributed by atoms with van der Waals surface area (Å²) in [7, 11) is 0. The maximum Gasteiger partial charge on any atom is 0.311 e. The molecule has 0 aromatic carbocycles. The van der Waals surface area contributed by atoms with Crippen LogP contribution in [0.25, 0.3) is 0 Å². The zero-order valence-corrected chi connectivity index (χ0v) is 13.0. The molecule has 0 radical (unpaired) electrons. The molecular formula is C13H20N4O6. The van der Waals surface area contributed by atoms with Gasteiger partial charge in [-0.25, -0.2) is 9.67 Å². The molecule has 1 aliphatic rings. The summed E-state index contributed by atoms with van der Waals surface area (Å²) in [4.78, 5) is 26.4. The number of primary amides is 1. The first-order valence-electron chi connectivity index (χ1n) is 7.01. The molecule has 4 atom stereocenters. The Morgan fingerprint density at radius 3 is 2.57 bits per heavy atom. The Balaban J connectivity index is 2.03. The van der Waals surface area contributed by atoms with Crippen LogP contribution in [0.2, 0.25) is 0 Å². The monoisotopic (exact) mass is 328 g/mol. The van der Waals surface area contributed by atoms with Gasteiger partial charge < -0.3 is 25.4 Å². The molecule has 1 fully saturated rings. The van der Waals surface area contributed by atoms with Crippen molar-refractivity contribution in [3.63, 3.8) is 0 Å². The highest BCUT2D eigenvalue weighted by atomic mass is 16.6. The van der Waals surface area contributed by atoms with Crippen LogP contribution < -0.4 is 5.73 Å². The predicted molar refractivity (Wildman–Crippen MR) is 74.9 cm³/mol. The average Bonchev–Trinajstić information content (AvgIpc) is 3.03. The average molecular weight is 328 g/mol. The SMILES string of the molecule is CC(C)(C)C(=O)OC[C@@H]1O[C@H](n2cnc(C(N)=O)n2)[C@@H](O)[C@@H]1O. The molecule has 0 aliphatic carbocycles. The van der Waals surface area contributed by atoms with Gasteiger partial charge in [-0.15, -0.1) is 5.10 Å². The third-order valence-electron chi connectivity index (χ3n) is 3.32. The van der Waals surface area contributed by atoms with Crippen molar-refractivity contribution in [2.24, 2.45) is 11.1 Å². The number of hydrogen-bond donors (Lipinski definition) is 3. The molecule has 128 valence electrons. The fraction of sp³-hybridized carbons (Fsp3) is 0.692. The molecule has 4 N–H and O–H groups in total. The van der Waals surface area contributed by atoms with Gasteiger partial charge in [-0.2, -0.15) is 0 Å². The van der Waals surface area contributed by atoms with E-state index in [2.05, 4.69) is 10.1 Å². The second-order valence-corrected chi connectivity index (χ2v) is 6.31. The van der Waals surface area contributed by atoms with Crippen LogP contribution in [0.15, 0.2) is 6.33 Å². The molecule has 1 aromatic rings. The molecule has 10 nitrogen and oxygen atoms in total. The van der Waals surface area contributed by atoms with Crippen LogP contribution >= 0.6 is 0 Å². The summed E-state index contributed by atoms with van der Waals surface area (Å²) < 4.78 is 11.6. The van der Waals surface area contributed by atoms with Crippen molar-refractivity contribution in [3.05, 3.63) is 12.2 Å². The highest BCUT2D eigenvalue weighted by Crippen LogP contribution is 2.29. The van der Waals surface area contributed by atoms with E-state index >= 15 is 0 Å². The summed E-state index contributed by atoms with van der Waals surface area (Å²) in [6, 6.07) is 0. The van der Waals surface area contributed by atoms with Gasteiger partial charge in [-0.1, -0.05) is 0 Å². The highest BCUT2D eigenvalue weighted by molar-refractivity contribution is 5.88. The van der Waals surface area contributed by atoms with Gasteiger partial charge in [-0.3, -0.25) is 9.59 Å². The van der Waals surface area contributed by atoms with Crippen molar-refractivity contribution in [1.82, 2.24) is 14.8 Å². The fourth-order valence-electron chi connectivity index (χ4n) is 1.97. The van der Waals surface area contributed by atoms with Crippen molar-refractivity contribution in [1.29, 1.82) is 0 Å². The lowest BCUT2D eigenvalue weighted by molar-refractivity contribution is -0.159. The summed E-state index contributed by atoms with van der Waals surface area (Å²) in [6.45, 7) is 4.86. The summed E-state index contributed by atoms with van der Waals surface area (Å²) in [5, 5.41) is 23.8. The minimum Gasteiger partial charge on any atom is -0.462 e. The number of ether oxygens (including phenoxy) is 2. The second kappa shape index (κ2) is 6.22. The van der Waals surface area contributed by atoms with Gasteiger partial charge in [0.25, 0.3) is 5.91 Å². The Labute approximate surface area is 132 Å². The lowest BCUT2D eigenvalue weighted by atomic mass is 9.97. The van der Waals surface area contributed by atoms with Crippen LogP contribution in [-0.2, 0) is 14.3 Å². The summed E-state index contributed by atoms with van der Waals surface area (Å²) in [5.41, 5.74) is 4.36. The van der Waals surface area contributed by atoms with Crippen LogP contribution in [0.1, 0.15) is 37.6 Å². The van der Waals surface area contributed by atoms with Crippen molar-refractivity contribution in [2.45, 2.75) is 45.3 Å². The molecule has 0 bridgehead atoms. The van der Waals surface area contributed by atoms with E-state index in [0.29, 0.717) is 0 Å². The van der Waals surface area contributed by atoms with Crippen molar-refractivity contribution >= 4 is 11.9 Å².